The first-order valence-electron chi connectivity index (χ1n) is 3.55. The summed E-state index contributed by atoms with van der Waals surface area (Å²) in [7, 11) is -4.30. The average molecular weight is 240 g/mol. The zero-order chi connectivity index (χ0) is 10.9. The summed E-state index contributed by atoms with van der Waals surface area (Å²) in [5.74, 6) is 0. The number of hydrogen-bond acceptors (Lipinski definition) is 4. The Morgan fingerprint density at radius 3 is 2.27 bits per heavy atom. The average Bonchev–Trinajstić information content (AvgIpc) is 2.01. The van der Waals surface area contributed by atoms with Crippen LogP contribution in [0.2, 0.25) is 0 Å². The zero-order valence-corrected chi connectivity index (χ0v) is 11.0. The van der Waals surface area contributed by atoms with Crippen LogP contribution in [0.25, 0.3) is 0 Å². The molecule has 0 spiro atoms. The fourth-order valence-corrected chi connectivity index (χ4v) is 1.74. The Labute approximate surface area is 108 Å². The molecule has 1 rings (SSSR count). The van der Waals surface area contributed by atoms with E-state index in [9.17, 15) is 18.5 Å². The van der Waals surface area contributed by atoms with Gasteiger partial charge in [-0.3, -0.25) is 14.7 Å². The van der Waals surface area contributed by atoms with Gasteiger partial charge in [-0.05, 0) is 18.6 Å². The number of aryl methyl sites for hydroxylation is 1. The van der Waals surface area contributed by atoms with E-state index < -0.39 is 15.0 Å². The van der Waals surface area contributed by atoms with E-state index in [4.69, 9.17) is 4.55 Å². The van der Waals surface area contributed by atoms with Crippen LogP contribution in [0.1, 0.15) is 5.56 Å². The van der Waals surface area contributed by atoms with Crippen LogP contribution in [-0.4, -0.2) is 47.5 Å². The molecule has 0 aliphatic heterocycles. The molecular weight excluding hydrogens is 233 g/mol. The van der Waals surface area contributed by atoms with E-state index >= 15 is 0 Å². The van der Waals surface area contributed by atoms with Gasteiger partial charge in [0.25, 0.3) is 15.8 Å². The van der Waals surface area contributed by atoms with Crippen molar-refractivity contribution in [1.82, 2.24) is 0 Å². The molecule has 6 nitrogen and oxygen atoms in total. The SMILES string of the molecule is Cc1cc([N+](=O)[O-])ccc1S(=O)(=O)O.[Na]. The molecule has 1 radical (unpaired) electrons. The van der Waals surface area contributed by atoms with Crippen molar-refractivity contribution < 1.29 is 17.9 Å². The minimum atomic E-state index is -4.30. The molecule has 0 bridgehead atoms. The molecule has 0 unspecified atom stereocenters. The van der Waals surface area contributed by atoms with Crippen LogP contribution in [0.4, 0.5) is 5.69 Å². The van der Waals surface area contributed by atoms with Gasteiger partial charge in [-0.15, -0.1) is 0 Å². The van der Waals surface area contributed by atoms with Gasteiger partial charge in [0, 0.05) is 41.7 Å². The number of nitro benzene ring substituents is 1. The Hall–Kier alpha value is -0.470. The normalized spacial score (nSPS) is 10.5. The van der Waals surface area contributed by atoms with Gasteiger partial charge in [-0.2, -0.15) is 8.42 Å². The molecule has 0 saturated heterocycles. The van der Waals surface area contributed by atoms with Crippen molar-refractivity contribution in [3.05, 3.63) is 33.9 Å². The van der Waals surface area contributed by atoms with Gasteiger partial charge in [-0.1, -0.05) is 0 Å². The zero-order valence-electron chi connectivity index (χ0n) is 8.17. The maximum Gasteiger partial charge on any atom is 0.294 e. The summed E-state index contributed by atoms with van der Waals surface area (Å²) >= 11 is 0. The minimum absolute atomic E-state index is 0. The topological polar surface area (TPSA) is 97.5 Å². The maximum atomic E-state index is 10.7. The van der Waals surface area contributed by atoms with Crippen molar-refractivity contribution in [2.24, 2.45) is 0 Å². The second-order valence-electron chi connectivity index (χ2n) is 2.68. The molecule has 77 valence electrons. The van der Waals surface area contributed by atoms with Crippen LogP contribution in [0, 0.1) is 17.0 Å². The number of benzene rings is 1. The molecule has 0 aliphatic rings. The first-order valence-corrected chi connectivity index (χ1v) is 4.99. The van der Waals surface area contributed by atoms with E-state index in [2.05, 4.69) is 0 Å². The molecule has 0 saturated carbocycles. The molecule has 8 heteroatoms. The Kier molecular flexibility index (Phi) is 4.88. The third kappa shape index (κ3) is 3.54. The number of rotatable bonds is 2. The van der Waals surface area contributed by atoms with Crippen LogP contribution >= 0.6 is 0 Å². The van der Waals surface area contributed by atoms with Crippen LogP contribution in [0.3, 0.4) is 0 Å². The van der Waals surface area contributed by atoms with Crippen LogP contribution < -0.4 is 0 Å². The first-order chi connectivity index (χ1) is 6.32. The van der Waals surface area contributed by atoms with Gasteiger partial charge in [0.05, 0.1) is 9.82 Å². The van der Waals surface area contributed by atoms with Crippen molar-refractivity contribution in [2.45, 2.75) is 11.8 Å². The van der Waals surface area contributed by atoms with Gasteiger partial charge >= 0.3 is 0 Å². The predicted molar refractivity (Wildman–Crippen MR) is 53.4 cm³/mol. The Balaban J connectivity index is 0.00000196. The molecule has 0 aliphatic carbocycles. The molecule has 1 aromatic carbocycles. The first kappa shape index (κ1) is 14.5. The molecule has 0 aromatic heterocycles. The Morgan fingerprint density at radius 2 is 1.93 bits per heavy atom. The van der Waals surface area contributed by atoms with Crippen LogP contribution in [0.15, 0.2) is 23.1 Å². The van der Waals surface area contributed by atoms with Gasteiger partial charge in [0.15, 0.2) is 0 Å². The number of non-ortho nitro benzene ring substituents is 1. The quantitative estimate of drug-likeness (QED) is 0.356. The summed E-state index contributed by atoms with van der Waals surface area (Å²) in [5, 5.41) is 10.3. The fourth-order valence-electron chi connectivity index (χ4n) is 1.04. The smallest absolute Gasteiger partial charge is 0.282 e. The number of nitro groups is 1. The summed E-state index contributed by atoms with van der Waals surface area (Å²) in [5.41, 5.74) is -0.0726. The molecule has 1 aromatic rings. The van der Waals surface area contributed by atoms with E-state index in [1.54, 1.807) is 0 Å². The molecule has 0 amide bonds. The molecular formula is C7H7NNaO5S. The molecule has 0 fully saturated rings. The molecule has 0 atom stereocenters. The van der Waals surface area contributed by atoms with E-state index in [1.165, 1.54) is 6.92 Å². The minimum Gasteiger partial charge on any atom is -0.282 e. The molecule has 1 N–H and O–H groups in total. The largest absolute Gasteiger partial charge is 0.294 e. The summed E-state index contributed by atoms with van der Waals surface area (Å²) in [6.45, 7) is 1.37. The summed E-state index contributed by atoms with van der Waals surface area (Å²) < 4.78 is 30.1. The Bertz CT molecular complexity index is 484. The van der Waals surface area contributed by atoms with Gasteiger partial charge in [0.1, 0.15) is 0 Å². The second-order valence-corrected chi connectivity index (χ2v) is 4.07. The monoisotopic (exact) mass is 240 g/mol. The third-order valence-corrected chi connectivity index (χ3v) is 2.66. The van der Waals surface area contributed by atoms with E-state index in [-0.39, 0.29) is 45.7 Å². The van der Waals surface area contributed by atoms with Gasteiger partial charge < -0.3 is 0 Å². The van der Waals surface area contributed by atoms with Crippen molar-refractivity contribution in [2.75, 3.05) is 0 Å². The molecule has 15 heavy (non-hydrogen) atoms. The van der Waals surface area contributed by atoms with Crippen molar-refractivity contribution in [1.29, 1.82) is 0 Å². The number of nitrogens with zero attached hydrogens (tertiary/aromatic N) is 1. The van der Waals surface area contributed by atoms with Crippen molar-refractivity contribution in [3.63, 3.8) is 0 Å². The van der Waals surface area contributed by atoms with E-state index in [0.717, 1.165) is 18.2 Å². The second kappa shape index (κ2) is 5.04. The third-order valence-electron chi connectivity index (χ3n) is 1.65. The number of hydrogen-bond donors (Lipinski definition) is 1. The van der Waals surface area contributed by atoms with Crippen molar-refractivity contribution in [3.8, 4) is 0 Å². The van der Waals surface area contributed by atoms with Crippen molar-refractivity contribution >= 4 is 45.4 Å². The van der Waals surface area contributed by atoms with Gasteiger partial charge in [-0.25, -0.2) is 0 Å². The van der Waals surface area contributed by atoms with E-state index in [0.29, 0.717) is 0 Å². The maximum absolute atomic E-state index is 10.7. The fraction of sp³-hybridized carbons (Fsp3) is 0.143. The van der Waals surface area contributed by atoms with Crippen LogP contribution in [0.5, 0.6) is 0 Å². The van der Waals surface area contributed by atoms with E-state index in [1.807, 2.05) is 0 Å². The van der Waals surface area contributed by atoms with Crippen LogP contribution in [-0.2, 0) is 10.1 Å². The summed E-state index contributed by atoms with van der Waals surface area (Å²) in [6.07, 6.45) is 0. The Morgan fingerprint density at radius 1 is 1.40 bits per heavy atom. The molecule has 0 heterocycles. The van der Waals surface area contributed by atoms with Gasteiger partial charge in [0.2, 0.25) is 0 Å². The predicted octanol–water partition coefficient (Wildman–Crippen LogP) is 0.769. The summed E-state index contributed by atoms with van der Waals surface area (Å²) in [6, 6.07) is 3.11. The summed E-state index contributed by atoms with van der Waals surface area (Å²) in [4.78, 5) is 9.35. The standard InChI is InChI=1S/C7H7NO5S.Na/c1-5-4-6(8(9)10)2-3-7(5)14(11,12)13;/h2-4H,1H3,(H,11,12,13);.